The predicted octanol–water partition coefficient (Wildman–Crippen LogP) is 3.13. The molecular weight excluding hydrogens is 288 g/mol. The number of nitrogens with one attached hydrogen (secondary N) is 1. The summed E-state index contributed by atoms with van der Waals surface area (Å²) in [4.78, 5) is 22.1. The van der Waals surface area contributed by atoms with Crippen LogP contribution < -0.4 is 10.1 Å². The van der Waals surface area contributed by atoms with Gasteiger partial charge < -0.3 is 14.8 Å². The lowest BCUT2D eigenvalue weighted by Gasteiger charge is -2.11. The maximum Gasteiger partial charge on any atom is 0.340 e. The normalized spacial score (nSPS) is 9.91. The van der Waals surface area contributed by atoms with Crippen molar-refractivity contribution in [3.63, 3.8) is 0 Å². The summed E-state index contributed by atoms with van der Waals surface area (Å²) in [5.74, 6) is 0.0437. The Kier molecular flexibility index (Phi) is 4.57. The standard InChI is InChI=1S/C15H14N2O5/c1-21-12-6-3-10(4-7-12)16-14-8-5-11(17(19)20)9-13(14)15(18)22-2/h3-9,16H,1-2H3. The smallest absolute Gasteiger partial charge is 0.340 e. The fraction of sp³-hybridized carbons (Fsp3) is 0.133. The molecule has 0 aliphatic heterocycles. The van der Waals surface area contributed by atoms with Crippen molar-refractivity contribution in [3.05, 3.63) is 58.1 Å². The van der Waals surface area contributed by atoms with Crippen molar-refractivity contribution in [2.24, 2.45) is 0 Å². The molecule has 114 valence electrons. The van der Waals surface area contributed by atoms with Crippen LogP contribution >= 0.6 is 0 Å². The average Bonchev–Trinajstić information content (AvgIpc) is 2.55. The van der Waals surface area contributed by atoms with E-state index in [1.807, 2.05) is 0 Å². The minimum Gasteiger partial charge on any atom is -0.497 e. The molecule has 1 N–H and O–H groups in total. The van der Waals surface area contributed by atoms with Gasteiger partial charge in [0.25, 0.3) is 5.69 Å². The molecule has 22 heavy (non-hydrogen) atoms. The SMILES string of the molecule is COC(=O)c1cc([N+](=O)[O-])ccc1Nc1ccc(OC)cc1. The number of non-ortho nitro benzene ring substituents is 1. The fourth-order valence-electron chi connectivity index (χ4n) is 1.86. The number of hydrogen-bond donors (Lipinski definition) is 1. The van der Waals surface area contributed by atoms with Crippen molar-refractivity contribution < 1.29 is 19.2 Å². The van der Waals surface area contributed by atoms with Crippen molar-refractivity contribution in [1.29, 1.82) is 0 Å². The second-order valence-corrected chi connectivity index (χ2v) is 4.33. The molecule has 0 unspecified atom stereocenters. The molecule has 0 spiro atoms. The molecule has 0 heterocycles. The molecule has 0 saturated carbocycles. The lowest BCUT2D eigenvalue weighted by atomic mass is 10.1. The number of hydrogen-bond acceptors (Lipinski definition) is 6. The van der Waals surface area contributed by atoms with E-state index < -0.39 is 10.9 Å². The third-order valence-corrected chi connectivity index (χ3v) is 2.99. The molecule has 0 atom stereocenters. The highest BCUT2D eigenvalue weighted by molar-refractivity contribution is 5.97. The minimum atomic E-state index is -0.653. The van der Waals surface area contributed by atoms with Crippen LogP contribution in [-0.4, -0.2) is 25.1 Å². The van der Waals surface area contributed by atoms with Gasteiger partial charge in [0, 0.05) is 17.8 Å². The highest BCUT2D eigenvalue weighted by atomic mass is 16.6. The zero-order chi connectivity index (χ0) is 16.1. The largest absolute Gasteiger partial charge is 0.497 e. The lowest BCUT2D eigenvalue weighted by molar-refractivity contribution is -0.384. The molecule has 7 heteroatoms. The zero-order valence-corrected chi connectivity index (χ0v) is 12.0. The van der Waals surface area contributed by atoms with E-state index in [1.54, 1.807) is 31.4 Å². The average molecular weight is 302 g/mol. The van der Waals surface area contributed by atoms with Gasteiger partial charge >= 0.3 is 5.97 Å². The van der Waals surface area contributed by atoms with E-state index >= 15 is 0 Å². The van der Waals surface area contributed by atoms with Crippen LogP contribution in [0.1, 0.15) is 10.4 Å². The van der Waals surface area contributed by atoms with Gasteiger partial charge in [0.15, 0.2) is 0 Å². The first-order valence-corrected chi connectivity index (χ1v) is 6.33. The summed E-state index contributed by atoms with van der Waals surface area (Å²) in [6, 6.07) is 11.0. The third-order valence-electron chi connectivity index (χ3n) is 2.99. The Labute approximate surface area is 126 Å². The molecule has 2 rings (SSSR count). The van der Waals surface area contributed by atoms with Gasteiger partial charge in [0.2, 0.25) is 0 Å². The number of rotatable bonds is 5. The Morgan fingerprint density at radius 1 is 1.14 bits per heavy atom. The molecule has 0 bridgehead atoms. The Morgan fingerprint density at radius 2 is 1.82 bits per heavy atom. The van der Waals surface area contributed by atoms with Crippen LogP contribution in [0.5, 0.6) is 5.75 Å². The van der Waals surface area contributed by atoms with Gasteiger partial charge in [0.05, 0.1) is 30.4 Å². The Hall–Kier alpha value is -3.09. The maximum absolute atomic E-state index is 11.8. The van der Waals surface area contributed by atoms with E-state index in [9.17, 15) is 14.9 Å². The van der Waals surface area contributed by atoms with Gasteiger partial charge in [-0.1, -0.05) is 0 Å². The van der Waals surface area contributed by atoms with Crippen LogP contribution in [-0.2, 0) is 4.74 Å². The van der Waals surface area contributed by atoms with E-state index in [4.69, 9.17) is 4.74 Å². The van der Waals surface area contributed by atoms with E-state index in [0.717, 1.165) is 0 Å². The number of benzene rings is 2. The summed E-state index contributed by atoms with van der Waals surface area (Å²) in [5.41, 5.74) is 1.04. The van der Waals surface area contributed by atoms with E-state index in [-0.39, 0.29) is 11.3 Å². The van der Waals surface area contributed by atoms with Crippen molar-refractivity contribution in [2.75, 3.05) is 19.5 Å². The number of ether oxygens (including phenoxy) is 2. The Balaban J connectivity index is 2.36. The molecule has 2 aromatic rings. The highest BCUT2D eigenvalue weighted by Crippen LogP contribution is 2.27. The number of nitrogens with zero attached hydrogens (tertiary/aromatic N) is 1. The molecule has 0 fully saturated rings. The van der Waals surface area contributed by atoms with Crippen LogP contribution in [0.3, 0.4) is 0 Å². The number of nitro benzene ring substituents is 1. The molecule has 0 radical (unpaired) electrons. The number of anilines is 2. The quantitative estimate of drug-likeness (QED) is 0.518. The summed E-state index contributed by atoms with van der Waals surface area (Å²) >= 11 is 0. The number of esters is 1. The molecule has 0 aliphatic rings. The first kappa shape index (κ1) is 15.3. The minimum absolute atomic E-state index is 0.0903. The van der Waals surface area contributed by atoms with Crippen molar-refractivity contribution in [3.8, 4) is 5.75 Å². The van der Waals surface area contributed by atoms with Gasteiger partial charge in [0.1, 0.15) is 5.75 Å². The number of carbonyl (C=O) groups is 1. The van der Waals surface area contributed by atoms with Crippen LogP contribution in [0.2, 0.25) is 0 Å². The Morgan fingerprint density at radius 3 is 2.36 bits per heavy atom. The molecular formula is C15H14N2O5. The van der Waals surface area contributed by atoms with Gasteiger partial charge in [-0.3, -0.25) is 10.1 Å². The number of nitro groups is 1. The topological polar surface area (TPSA) is 90.7 Å². The molecule has 7 nitrogen and oxygen atoms in total. The second-order valence-electron chi connectivity index (χ2n) is 4.33. The van der Waals surface area contributed by atoms with Crippen molar-refractivity contribution in [2.45, 2.75) is 0 Å². The third kappa shape index (κ3) is 3.32. The van der Waals surface area contributed by atoms with Gasteiger partial charge in [-0.2, -0.15) is 0 Å². The summed E-state index contributed by atoms with van der Waals surface area (Å²) < 4.78 is 9.73. The summed E-state index contributed by atoms with van der Waals surface area (Å²) in [6.07, 6.45) is 0. The van der Waals surface area contributed by atoms with E-state index in [0.29, 0.717) is 17.1 Å². The van der Waals surface area contributed by atoms with Crippen LogP contribution in [0.25, 0.3) is 0 Å². The molecule has 0 amide bonds. The fourth-order valence-corrected chi connectivity index (χ4v) is 1.86. The van der Waals surface area contributed by atoms with Gasteiger partial charge in [-0.15, -0.1) is 0 Å². The van der Waals surface area contributed by atoms with Crippen molar-refractivity contribution >= 4 is 23.0 Å². The summed E-state index contributed by atoms with van der Waals surface area (Å²) in [5, 5.41) is 13.8. The van der Waals surface area contributed by atoms with E-state index in [2.05, 4.69) is 10.1 Å². The lowest BCUT2D eigenvalue weighted by Crippen LogP contribution is -2.06. The van der Waals surface area contributed by atoms with Gasteiger partial charge in [-0.05, 0) is 30.3 Å². The van der Waals surface area contributed by atoms with Crippen LogP contribution in [0.4, 0.5) is 17.1 Å². The second kappa shape index (κ2) is 6.57. The molecule has 0 aromatic heterocycles. The number of methoxy groups -OCH3 is 2. The first-order valence-electron chi connectivity index (χ1n) is 6.33. The highest BCUT2D eigenvalue weighted by Gasteiger charge is 2.17. The maximum atomic E-state index is 11.8. The molecule has 0 saturated heterocycles. The first-order chi connectivity index (χ1) is 10.5. The van der Waals surface area contributed by atoms with Crippen molar-refractivity contribution in [1.82, 2.24) is 0 Å². The summed E-state index contributed by atoms with van der Waals surface area (Å²) in [7, 11) is 2.78. The zero-order valence-electron chi connectivity index (χ0n) is 12.0. The van der Waals surface area contributed by atoms with Gasteiger partial charge in [-0.25, -0.2) is 4.79 Å². The van der Waals surface area contributed by atoms with Crippen LogP contribution in [0, 0.1) is 10.1 Å². The monoisotopic (exact) mass is 302 g/mol. The molecule has 2 aromatic carbocycles. The molecule has 0 aliphatic carbocycles. The van der Waals surface area contributed by atoms with Crippen LogP contribution in [0.15, 0.2) is 42.5 Å². The predicted molar refractivity (Wildman–Crippen MR) is 80.7 cm³/mol. The number of carbonyl (C=O) groups excluding carboxylic acids is 1. The summed E-state index contributed by atoms with van der Waals surface area (Å²) in [6.45, 7) is 0. The van der Waals surface area contributed by atoms with E-state index in [1.165, 1.54) is 25.3 Å². The Bertz CT molecular complexity index is 698.